The van der Waals surface area contributed by atoms with E-state index in [1.165, 1.54) is 14.2 Å². The molecule has 0 unspecified atom stereocenters. The van der Waals surface area contributed by atoms with E-state index in [1.54, 1.807) is 0 Å². The minimum absolute atomic E-state index is 0.0866. The number of aromatic amines is 2. The van der Waals surface area contributed by atoms with Gasteiger partial charge in [0.2, 0.25) is 11.8 Å². The minimum atomic E-state index is -0.683. The lowest BCUT2D eigenvalue weighted by atomic mass is 9.95. The van der Waals surface area contributed by atoms with Crippen LogP contribution in [0.5, 0.6) is 0 Å². The number of fused-ring (bicyclic) bond motifs is 6. The van der Waals surface area contributed by atoms with Crippen molar-refractivity contribution in [3.8, 4) is 33.4 Å². The van der Waals surface area contributed by atoms with Gasteiger partial charge in [0, 0.05) is 12.1 Å². The van der Waals surface area contributed by atoms with Gasteiger partial charge in [-0.15, -0.1) is 0 Å². The van der Waals surface area contributed by atoms with Crippen molar-refractivity contribution in [2.75, 3.05) is 14.2 Å². The quantitative estimate of drug-likeness (QED) is 0.0996. The Bertz CT molecular complexity index is 2620. The van der Waals surface area contributed by atoms with Crippen LogP contribution in [-0.2, 0) is 19.1 Å². The van der Waals surface area contributed by atoms with Crippen LogP contribution in [0.2, 0.25) is 0 Å². The van der Waals surface area contributed by atoms with Gasteiger partial charge in [0.1, 0.15) is 23.7 Å². The van der Waals surface area contributed by atoms with E-state index in [1.807, 2.05) is 49.6 Å². The van der Waals surface area contributed by atoms with Crippen molar-refractivity contribution in [2.24, 2.45) is 23.7 Å². The summed E-state index contributed by atoms with van der Waals surface area (Å²) in [6.07, 6.45) is 4.65. The summed E-state index contributed by atoms with van der Waals surface area (Å²) in [7, 11) is 2.63. The molecule has 8 atom stereocenters. The predicted octanol–water partition coefficient (Wildman–Crippen LogP) is 9.31. The monoisotopic (exact) mass is 890 g/mol. The maximum absolute atomic E-state index is 14.0. The number of imidazole rings is 2. The number of aromatic nitrogens is 4. The Morgan fingerprint density at radius 3 is 1.24 bits per heavy atom. The van der Waals surface area contributed by atoms with Crippen LogP contribution in [0.15, 0.2) is 84.9 Å². The highest BCUT2D eigenvalue weighted by molar-refractivity contribution is 5.89. The Morgan fingerprint density at radius 1 is 0.545 bits per heavy atom. The van der Waals surface area contributed by atoms with Gasteiger partial charge in [0.15, 0.2) is 0 Å². The second kappa shape index (κ2) is 17.3. The van der Waals surface area contributed by atoms with Crippen LogP contribution in [0.4, 0.5) is 9.59 Å². The number of nitrogens with zero attached hydrogens (tertiary/aromatic N) is 4. The first-order chi connectivity index (χ1) is 31.9. The third-order valence-electron chi connectivity index (χ3n) is 14.8. The molecule has 2 aliphatic heterocycles. The SMILES string of the molecule is COC(=O)N[C@H](C(=O)N1[C@@H]2CC[C@@H](C2)[C@H]1c1nc2ccc(-c3ccc(-c4ccc(-c5ccc6nc([C@@H]7[C@H]8CC[C@H](C8)N7C(=O)[C@@H](NC(=O)OC)C(C)C)[nH]c6c5)cc4)cc3)cc2[nH]1)C(C)C. The molecule has 6 aromatic rings. The number of H-pyrrole nitrogens is 2. The zero-order chi connectivity index (χ0) is 46.0. The first-order valence-electron chi connectivity index (χ1n) is 23.4. The van der Waals surface area contributed by atoms with Gasteiger partial charge in [-0.2, -0.15) is 0 Å². The molecule has 2 aliphatic carbocycles. The van der Waals surface area contributed by atoms with Gasteiger partial charge in [-0.05, 0) is 120 Å². The first-order valence-corrected chi connectivity index (χ1v) is 23.4. The molecule has 4 fully saturated rings. The van der Waals surface area contributed by atoms with Crippen LogP contribution in [0.1, 0.15) is 90.0 Å². The number of rotatable bonds is 11. The number of alkyl carbamates (subject to hydrolysis) is 2. The van der Waals surface area contributed by atoms with Crippen molar-refractivity contribution in [2.45, 2.75) is 102 Å². The third-order valence-corrected chi connectivity index (χ3v) is 14.8. The van der Waals surface area contributed by atoms with Crippen LogP contribution in [0.3, 0.4) is 0 Å². The van der Waals surface area contributed by atoms with Crippen molar-refractivity contribution < 1.29 is 28.7 Å². The fraction of sp³-hybridized carbons (Fsp3) is 0.423. The molecule has 0 spiro atoms. The van der Waals surface area contributed by atoms with Gasteiger partial charge in [0.25, 0.3) is 0 Å². The standard InChI is InChI=1S/C52H58N8O6/c1-27(2)43(57-51(63)65-5)49(61)59-37-19-15-35(23-37)45(59)47-53-39-21-17-33(25-41(39)55-47)31-11-7-29(8-12-31)30-9-13-32(14-10-30)34-18-22-40-42(26-34)56-48(54-40)46-36-16-20-38(24-36)60(46)50(62)44(28(3)4)58-52(64)66-6/h7-14,17-18,21-22,25-28,35-38,43-46H,15-16,19-20,23-24H2,1-6H3,(H,53,55)(H,54,56)(H,57,63)(H,58,64)/t35-,36-,37+,38+,43-,44-,45-,46-/m0/s1. The second-order valence-corrected chi connectivity index (χ2v) is 19.4. The average Bonchev–Trinajstić information content (AvgIpc) is 4.21. The zero-order valence-electron chi connectivity index (χ0n) is 38.3. The lowest BCUT2D eigenvalue weighted by Gasteiger charge is -2.37. The number of ether oxygens (including phenoxy) is 2. The highest BCUT2D eigenvalue weighted by Gasteiger charge is 2.53. The predicted molar refractivity (Wildman–Crippen MR) is 252 cm³/mol. The number of benzene rings is 4. The van der Waals surface area contributed by atoms with Gasteiger partial charge >= 0.3 is 12.2 Å². The zero-order valence-corrected chi connectivity index (χ0v) is 38.3. The Hall–Kier alpha value is -6.70. The largest absolute Gasteiger partial charge is 0.453 e. The van der Waals surface area contributed by atoms with Gasteiger partial charge in [-0.1, -0.05) is 88.4 Å². The molecular formula is C52H58N8O6. The number of piperidine rings is 2. The molecule has 4 N–H and O–H groups in total. The Kier molecular flexibility index (Phi) is 11.3. The van der Waals surface area contributed by atoms with Gasteiger partial charge in [-0.3, -0.25) is 9.59 Å². The fourth-order valence-electron chi connectivity index (χ4n) is 11.4. The first kappa shape index (κ1) is 43.2. The summed E-state index contributed by atoms with van der Waals surface area (Å²) < 4.78 is 9.69. The summed E-state index contributed by atoms with van der Waals surface area (Å²) in [4.78, 5) is 73.6. The molecule has 2 saturated heterocycles. The summed E-state index contributed by atoms with van der Waals surface area (Å²) in [6.45, 7) is 7.74. The Labute approximate surface area is 384 Å². The maximum atomic E-state index is 14.0. The normalized spacial score (nSPS) is 23.0. The molecule has 4 aliphatic rings. The molecule has 4 heterocycles. The van der Waals surface area contributed by atoms with E-state index in [0.29, 0.717) is 11.8 Å². The van der Waals surface area contributed by atoms with Crippen LogP contribution >= 0.6 is 0 Å². The Morgan fingerprint density at radius 2 is 0.894 bits per heavy atom. The van der Waals surface area contributed by atoms with E-state index in [2.05, 4.69) is 93.4 Å². The molecule has 14 heteroatoms. The maximum Gasteiger partial charge on any atom is 0.407 e. The number of likely N-dealkylation sites (tertiary alicyclic amines) is 2. The van der Waals surface area contributed by atoms with Crippen molar-refractivity contribution >= 4 is 46.1 Å². The average molecular weight is 891 g/mol. The number of methoxy groups -OCH3 is 2. The summed E-state index contributed by atoms with van der Waals surface area (Å²) in [6, 6.07) is 28.2. The molecular weight excluding hydrogens is 833 g/mol. The molecule has 0 radical (unpaired) electrons. The van der Waals surface area contributed by atoms with Gasteiger partial charge in [0.05, 0.1) is 48.4 Å². The summed E-state index contributed by atoms with van der Waals surface area (Å²) in [5, 5.41) is 5.55. The van der Waals surface area contributed by atoms with E-state index < -0.39 is 24.3 Å². The number of nitrogens with one attached hydrogen (secondary N) is 4. The number of carbonyl (C=O) groups excluding carboxylic acids is 4. The van der Waals surface area contributed by atoms with E-state index in [0.717, 1.165) is 106 Å². The third kappa shape index (κ3) is 7.73. The molecule has 342 valence electrons. The molecule has 66 heavy (non-hydrogen) atoms. The van der Waals surface area contributed by atoms with E-state index in [4.69, 9.17) is 19.4 Å². The number of hydrogen-bond donors (Lipinski definition) is 4. The summed E-state index contributed by atoms with van der Waals surface area (Å²) >= 11 is 0. The number of hydrogen-bond acceptors (Lipinski definition) is 8. The molecule has 10 rings (SSSR count). The van der Waals surface area contributed by atoms with Crippen LogP contribution < -0.4 is 10.6 Å². The topological polar surface area (TPSA) is 175 Å². The molecule has 2 aromatic heterocycles. The smallest absolute Gasteiger partial charge is 0.407 e. The fourth-order valence-corrected chi connectivity index (χ4v) is 11.4. The van der Waals surface area contributed by atoms with Gasteiger partial charge in [-0.25, -0.2) is 19.6 Å². The van der Waals surface area contributed by atoms with Crippen LogP contribution in [0.25, 0.3) is 55.4 Å². The molecule has 4 amide bonds. The lowest BCUT2D eigenvalue weighted by molar-refractivity contribution is -0.140. The van der Waals surface area contributed by atoms with Crippen molar-refractivity contribution in [1.82, 2.24) is 40.4 Å². The summed E-state index contributed by atoms with van der Waals surface area (Å²) in [5.74, 6) is 1.83. The molecule has 14 nitrogen and oxygen atoms in total. The number of amides is 4. The minimum Gasteiger partial charge on any atom is -0.453 e. The number of carbonyl (C=O) groups is 4. The molecule has 4 bridgehead atoms. The van der Waals surface area contributed by atoms with Gasteiger partial charge < -0.3 is 39.9 Å². The highest BCUT2D eigenvalue weighted by atomic mass is 16.5. The van der Waals surface area contributed by atoms with Crippen LogP contribution in [-0.4, -0.2) is 92.1 Å². The second-order valence-electron chi connectivity index (χ2n) is 19.4. The van der Waals surface area contributed by atoms with Crippen molar-refractivity contribution in [1.29, 1.82) is 0 Å². The van der Waals surface area contributed by atoms with E-state index in [-0.39, 0.29) is 47.8 Å². The lowest BCUT2D eigenvalue weighted by Crippen LogP contribution is -2.54. The summed E-state index contributed by atoms with van der Waals surface area (Å²) in [5.41, 5.74) is 10.1. The van der Waals surface area contributed by atoms with Crippen LogP contribution in [0, 0.1) is 23.7 Å². The molecule has 4 aromatic carbocycles. The van der Waals surface area contributed by atoms with Crippen molar-refractivity contribution in [3.05, 3.63) is 96.6 Å². The van der Waals surface area contributed by atoms with Crippen molar-refractivity contribution in [3.63, 3.8) is 0 Å². The Balaban J connectivity index is 0.836. The van der Waals surface area contributed by atoms with E-state index in [9.17, 15) is 19.2 Å². The highest BCUT2D eigenvalue weighted by Crippen LogP contribution is 2.51. The van der Waals surface area contributed by atoms with E-state index >= 15 is 0 Å². The molecule has 2 saturated carbocycles.